The zero-order valence-electron chi connectivity index (χ0n) is 16.1. The number of nitrogens with one attached hydrogen (secondary N) is 2. The number of fused-ring (bicyclic) bond motifs is 1. The Kier molecular flexibility index (Phi) is 5.16. The number of hydrogen-bond acceptors (Lipinski definition) is 4. The zero-order chi connectivity index (χ0) is 20.4. The number of ether oxygens (including phenoxy) is 1. The molecule has 0 saturated carbocycles. The molecule has 1 aliphatic heterocycles. The summed E-state index contributed by atoms with van der Waals surface area (Å²) in [5.74, 6) is -1.46. The molecule has 1 aliphatic carbocycles. The van der Waals surface area contributed by atoms with Crippen molar-refractivity contribution in [1.82, 2.24) is 5.32 Å². The van der Waals surface area contributed by atoms with Crippen LogP contribution in [0.25, 0.3) is 0 Å². The third-order valence-electron chi connectivity index (χ3n) is 5.48. The smallest absolute Gasteiger partial charge is 0.229 e. The van der Waals surface area contributed by atoms with E-state index in [1.165, 1.54) is 0 Å². The van der Waals surface area contributed by atoms with Gasteiger partial charge in [0.05, 0.1) is 18.9 Å². The highest BCUT2D eigenvalue weighted by Crippen LogP contribution is 2.38. The maximum absolute atomic E-state index is 13.0. The third-order valence-corrected chi connectivity index (χ3v) is 5.48. The maximum Gasteiger partial charge on any atom is 0.229 e. The van der Waals surface area contributed by atoms with Gasteiger partial charge in [0.1, 0.15) is 11.5 Å². The lowest BCUT2D eigenvalue weighted by Gasteiger charge is -2.36. The van der Waals surface area contributed by atoms with Crippen LogP contribution >= 0.6 is 0 Å². The Bertz CT molecular complexity index is 983. The standard InChI is InChI=1S/C23H22N2O4/c1-29-17-9-5-8-16(12-17)24-23(28)18-13-21(27)25-19-10-15(11-20(26)22(18)19)14-6-3-2-4-7-14/h2-10,12,15,18,22H,11,13H2,1H3,(H,24,28)(H,25,27)/t15-,18+,22+/m1/s1. The van der Waals surface area contributed by atoms with Crippen molar-refractivity contribution in [3.63, 3.8) is 0 Å². The predicted octanol–water partition coefficient (Wildman–Crippen LogP) is 3.03. The number of benzene rings is 2. The fourth-order valence-electron chi connectivity index (χ4n) is 4.08. The summed E-state index contributed by atoms with van der Waals surface area (Å²) in [5, 5.41) is 5.64. The first-order valence-corrected chi connectivity index (χ1v) is 9.59. The molecule has 0 unspecified atom stereocenters. The largest absolute Gasteiger partial charge is 0.497 e. The van der Waals surface area contributed by atoms with Crippen LogP contribution in [-0.2, 0) is 14.4 Å². The van der Waals surface area contributed by atoms with Crippen LogP contribution < -0.4 is 15.4 Å². The molecule has 148 valence electrons. The summed E-state index contributed by atoms with van der Waals surface area (Å²) in [7, 11) is 1.55. The number of hydrogen-bond donors (Lipinski definition) is 2. The van der Waals surface area contributed by atoms with E-state index in [0.717, 1.165) is 5.56 Å². The van der Waals surface area contributed by atoms with Crippen molar-refractivity contribution < 1.29 is 19.1 Å². The van der Waals surface area contributed by atoms with Gasteiger partial charge in [-0.15, -0.1) is 0 Å². The van der Waals surface area contributed by atoms with Crippen LogP contribution in [-0.4, -0.2) is 24.7 Å². The van der Waals surface area contributed by atoms with Crippen molar-refractivity contribution in [2.24, 2.45) is 11.8 Å². The molecule has 2 amide bonds. The Morgan fingerprint density at radius 1 is 1.07 bits per heavy atom. The number of carbonyl (C=O) groups is 3. The molecular formula is C23H22N2O4. The molecule has 0 bridgehead atoms. The van der Waals surface area contributed by atoms with E-state index in [0.29, 0.717) is 23.6 Å². The van der Waals surface area contributed by atoms with Crippen LogP contribution in [0, 0.1) is 11.8 Å². The molecule has 3 atom stereocenters. The van der Waals surface area contributed by atoms with Crippen LogP contribution in [0.4, 0.5) is 5.69 Å². The predicted molar refractivity (Wildman–Crippen MR) is 108 cm³/mol. The van der Waals surface area contributed by atoms with Gasteiger partial charge in [-0.1, -0.05) is 42.5 Å². The minimum absolute atomic E-state index is 0.0143. The molecule has 6 nitrogen and oxygen atoms in total. The average Bonchev–Trinajstić information content (AvgIpc) is 2.73. The topological polar surface area (TPSA) is 84.5 Å². The molecular weight excluding hydrogens is 368 g/mol. The molecule has 2 aliphatic rings. The van der Waals surface area contributed by atoms with Crippen molar-refractivity contribution >= 4 is 23.3 Å². The fraction of sp³-hybridized carbons (Fsp3) is 0.261. The van der Waals surface area contributed by atoms with Gasteiger partial charge < -0.3 is 15.4 Å². The van der Waals surface area contributed by atoms with Gasteiger partial charge in [-0.25, -0.2) is 0 Å². The van der Waals surface area contributed by atoms with Gasteiger partial charge in [0, 0.05) is 36.2 Å². The minimum Gasteiger partial charge on any atom is -0.497 e. The van der Waals surface area contributed by atoms with E-state index in [4.69, 9.17) is 4.74 Å². The first kappa shape index (κ1) is 18.9. The first-order valence-electron chi connectivity index (χ1n) is 9.59. The second-order valence-electron chi connectivity index (χ2n) is 7.37. The average molecular weight is 390 g/mol. The quantitative estimate of drug-likeness (QED) is 0.841. The van der Waals surface area contributed by atoms with E-state index in [1.807, 2.05) is 36.4 Å². The molecule has 0 radical (unpaired) electrons. The molecule has 0 spiro atoms. The SMILES string of the molecule is COc1cccc(NC(=O)[C@H]2CC(=O)NC3=C[C@@H](c4ccccc4)CC(=O)[C@H]32)c1. The molecule has 1 fully saturated rings. The van der Waals surface area contributed by atoms with Crippen LogP contribution in [0.1, 0.15) is 24.3 Å². The number of methoxy groups -OCH3 is 1. The lowest BCUT2D eigenvalue weighted by atomic mass is 9.72. The summed E-state index contributed by atoms with van der Waals surface area (Å²) >= 11 is 0. The monoisotopic (exact) mass is 390 g/mol. The summed E-state index contributed by atoms with van der Waals surface area (Å²) in [5.41, 5.74) is 2.12. The minimum atomic E-state index is -0.731. The molecule has 1 saturated heterocycles. The number of amides is 2. The van der Waals surface area contributed by atoms with Gasteiger partial charge in [0.15, 0.2) is 0 Å². The van der Waals surface area contributed by atoms with E-state index in [1.54, 1.807) is 31.4 Å². The highest BCUT2D eigenvalue weighted by Gasteiger charge is 2.44. The lowest BCUT2D eigenvalue weighted by molar-refractivity contribution is -0.136. The van der Waals surface area contributed by atoms with Crippen molar-refractivity contribution in [3.8, 4) is 5.75 Å². The number of Topliss-reactive ketones (excluding diaryl/α,β-unsaturated/α-hetero) is 1. The van der Waals surface area contributed by atoms with E-state index >= 15 is 0 Å². The Balaban J connectivity index is 1.59. The van der Waals surface area contributed by atoms with Crippen LogP contribution in [0.3, 0.4) is 0 Å². The van der Waals surface area contributed by atoms with Crippen molar-refractivity contribution in [3.05, 3.63) is 71.9 Å². The van der Waals surface area contributed by atoms with Gasteiger partial charge >= 0.3 is 0 Å². The number of rotatable bonds is 4. The molecule has 2 N–H and O–H groups in total. The molecule has 0 aromatic heterocycles. The molecule has 1 heterocycles. The Morgan fingerprint density at radius 2 is 1.86 bits per heavy atom. The summed E-state index contributed by atoms with van der Waals surface area (Å²) in [6.07, 6.45) is 2.22. The van der Waals surface area contributed by atoms with Gasteiger partial charge in [-0.2, -0.15) is 0 Å². The van der Waals surface area contributed by atoms with E-state index in [-0.39, 0.29) is 29.9 Å². The Labute approximate surface area is 168 Å². The Morgan fingerprint density at radius 3 is 2.62 bits per heavy atom. The number of anilines is 1. The van der Waals surface area contributed by atoms with Crippen LogP contribution in [0.15, 0.2) is 66.4 Å². The third kappa shape index (κ3) is 3.92. The van der Waals surface area contributed by atoms with Crippen molar-refractivity contribution in [2.45, 2.75) is 18.8 Å². The van der Waals surface area contributed by atoms with Crippen molar-refractivity contribution in [1.29, 1.82) is 0 Å². The van der Waals surface area contributed by atoms with E-state index < -0.39 is 11.8 Å². The molecule has 2 aromatic carbocycles. The van der Waals surface area contributed by atoms with Gasteiger partial charge in [-0.05, 0) is 17.7 Å². The highest BCUT2D eigenvalue weighted by molar-refractivity contribution is 6.02. The van der Waals surface area contributed by atoms with E-state index in [9.17, 15) is 14.4 Å². The lowest BCUT2D eigenvalue weighted by Crippen LogP contribution is -2.48. The molecule has 2 aromatic rings. The summed E-state index contributed by atoms with van der Waals surface area (Å²) in [6.45, 7) is 0. The van der Waals surface area contributed by atoms with Crippen molar-refractivity contribution in [2.75, 3.05) is 12.4 Å². The molecule has 6 heteroatoms. The fourth-order valence-corrected chi connectivity index (χ4v) is 4.08. The Hall–Kier alpha value is -3.41. The van der Waals surface area contributed by atoms with Crippen LogP contribution in [0.5, 0.6) is 5.75 Å². The highest BCUT2D eigenvalue weighted by atomic mass is 16.5. The molecule has 29 heavy (non-hydrogen) atoms. The number of carbonyl (C=O) groups excluding carboxylic acids is 3. The van der Waals surface area contributed by atoms with Gasteiger partial charge in [-0.3, -0.25) is 14.4 Å². The van der Waals surface area contributed by atoms with E-state index in [2.05, 4.69) is 10.6 Å². The number of allylic oxidation sites excluding steroid dienone is 2. The summed E-state index contributed by atoms with van der Waals surface area (Å²) < 4.78 is 5.18. The zero-order valence-corrected chi connectivity index (χ0v) is 16.1. The number of piperidine rings is 1. The van der Waals surface area contributed by atoms with Gasteiger partial charge in [0.25, 0.3) is 0 Å². The second-order valence-corrected chi connectivity index (χ2v) is 7.37. The normalized spacial score (nSPS) is 23.5. The second kappa shape index (κ2) is 7.91. The maximum atomic E-state index is 13.0. The summed E-state index contributed by atoms with van der Waals surface area (Å²) in [4.78, 5) is 38.2. The van der Waals surface area contributed by atoms with Crippen LogP contribution in [0.2, 0.25) is 0 Å². The summed E-state index contributed by atoms with van der Waals surface area (Å²) in [6, 6.07) is 16.7. The van der Waals surface area contributed by atoms with Gasteiger partial charge in [0.2, 0.25) is 11.8 Å². The first-order chi connectivity index (χ1) is 14.0. The number of ketones is 1. The molecule has 4 rings (SSSR count).